The first-order valence-corrected chi connectivity index (χ1v) is 6.01. The third kappa shape index (κ3) is 3.53. The monoisotopic (exact) mass is 223 g/mol. The Kier molecular flexibility index (Phi) is 3.59. The molecule has 1 fully saturated rings. The lowest BCUT2D eigenvalue weighted by molar-refractivity contribution is 0.587. The SMILES string of the molecule is N#CC(CCSc1ncn[nH]1)NC1CC1. The van der Waals surface area contributed by atoms with E-state index >= 15 is 0 Å². The van der Waals surface area contributed by atoms with Gasteiger partial charge in [0.05, 0.1) is 12.1 Å². The van der Waals surface area contributed by atoms with Crippen molar-refractivity contribution in [3.63, 3.8) is 0 Å². The van der Waals surface area contributed by atoms with Crippen molar-refractivity contribution in [3.8, 4) is 6.07 Å². The van der Waals surface area contributed by atoms with Crippen molar-refractivity contribution in [1.82, 2.24) is 20.5 Å². The quantitative estimate of drug-likeness (QED) is 0.701. The fourth-order valence-corrected chi connectivity index (χ4v) is 2.04. The summed E-state index contributed by atoms with van der Waals surface area (Å²) in [5, 5.41) is 19.6. The molecule has 0 saturated heterocycles. The van der Waals surface area contributed by atoms with Crippen molar-refractivity contribution >= 4 is 11.8 Å². The number of thioether (sulfide) groups is 1. The number of nitrogens with zero attached hydrogens (tertiary/aromatic N) is 3. The number of aromatic amines is 1. The second-order valence-corrected chi connectivity index (χ2v) is 4.63. The first-order chi connectivity index (χ1) is 7.38. The molecule has 0 radical (unpaired) electrons. The van der Waals surface area contributed by atoms with E-state index < -0.39 is 0 Å². The molecule has 0 aromatic carbocycles. The van der Waals surface area contributed by atoms with Crippen LogP contribution in [0, 0.1) is 11.3 Å². The number of nitrogens with one attached hydrogen (secondary N) is 2. The van der Waals surface area contributed by atoms with Gasteiger partial charge in [-0.1, -0.05) is 11.8 Å². The Morgan fingerprint density at radius 3 is 3.20 bits per heavy atom. The van der Waals surface area contributed by atoms with Crippen molar-refractivity contribution in [2.75, 3.05) is 5.75 Å². The average Bonchev–Trinajstić information content (AvgIpc) is 2.91. The van der Waals surface area contributed by atoms with E-state index in [0.29, 0.717) is 6.04 Å². The second-order valence-electron chi connectivity index (χ2n) is 3.55. The lowest BCUT2D eigenvalue weighted by Gasteiger charge is -2.08. The average molecular weight is 223 g/mol. The molecule has 2 N–H and O–H groups in total. The van der Waals surface area contributed by atoms with Gasteiger partial charge in [-0.2, -0.15) is 10.4 Å². The molecule has 80 valence electrons. The van der Waals surface area contributed by atoms with E-state index in [1.807, 2.05) is 0 Å². The molecule has 0 aliphatic heterocycles. The molecule has 2 rings (SSSR count). The van der Waals surface area contributed by atoms with Crippen LogP contribution in [0.5, 0.6) is 0 Å². The highest BCUT2D eigenvalue weighted by atomic mass is 32.2. The zero-order chi connectivity index (χ0) is 10.5. The van der Waals surface area contributed by atoms with Gasteiger partial charge in [0, 0.05) is 11.8 Å². The number of nitriles is 1. The molecule has 1 aromatic heterocycles. The molecule has 1 aliphatic rings. The standard InChI is InChI=1S/C9H13N5S/c10-5-8(13-7-1-2-7)3-4-15-9-11-6-12-14-9/h6-8,13H,1-4H2,(H,11,12,14). The Morgan fingerprint density at radius 1 is 1.73 bits per heavy atom. The highest BCUT2D eigenvalue weighted by Crippen LogP contribution is 2.20. The summed E-state index contributed by atoms with van der Waals surface area (Å²) in [5.74, 6) is 0.882. The van der Waals surface area contributed by atoms with E-state index in [1.165, 1.54) is 19.2 Å². The van der Waals surface area contributed by atoms with Crippen LogP contribution >= 0.6 is 11.8 Å². The Bertz CT molecular complexity index is 327. The Balaban J connectivity index is 1.65. The minimum atomic E-state index is -0.0204. The first-order valence-electron chi connectivity index (χ1n) is 5.02. The van der Waals surface area contributed by atoms with Crippen molar-refractivity contribution in [2.45, 2.75) is 36.5 Å². The molecule has 5 nitrogen and oxygen atoms in total. The van der Waals surface area contributed by atoms with Gasteiger partial charge in [0.15, 0.2) is 5.16 Å². The largest absolute Gasteiger partial charge is 0.299 e. The van der Waals surface area contributed by atoms with Gasteiger partial charge in [0.2, 0.25) is 0 Å². The predicted octanol–water partition coefficient (Wildman–Crippen LogP) is 0.931. The van der Waals surface area contributed by atoms with Gasteiger partial charge < -0.3 is 0 Å². The van der Waals surface area contributed by atoms with Crippen molar-refractivity contribution < 1.29 is 0 Å². The molecular weight excluding hydrogens is 210 g/mol. The summed E-state index contributed by atoms with van der Waals surface area (Å²) in [6.07, 6.45) is 4.77. The van der Waals surface area contributed by atoms with Crippen LogP contribution in [-0.4, -0.2) is 33.0 Å². The zero-order valence-corrected chi connectivity index (χ0v) is 9.13. The Morgan fingerprint density at radius 2 is 2.60 bits per heavy atom. The summed E-state index contributed by atoms with van der Waals surface area (Å²) in [6, 6.07) is 2.85. The number of rotatable bonds is 6. The van der Waals surface area contributed by atoms with Crippen LogP contribution in [0.15, 0.2) is 11.5 Å². The lowest BCUT2D eigenvalue weighted by atomic mass is 10.2. The molecule has 0 amide bonds. The van der Waals surface area contributed by atoms with Gasteiger partial charge in [0.1, 0.15) is 6.33 Å². The van der Waals surface area contributed by atoms with E-state index in [1.54, 1.807) is 11.8 Å². The first kappa shape index (κ1) is 10.5. The Hall–Kier alpha value is -1.06. The molecule has 1 heterocycles. The normalized spacial score (nSPS) is 17.3. The summed E-state index contributed by atoms with van der Waals surface area (Å²) in [6.45, 7) is 0. The fraction of sp³-hybridized carbons (Fsp3) is 0.667. The predicted molar refractivity (Wildman–Crippen MR) is 57.3 cm³/mol. The van der Waals surface area contributed by atoms with Gasteiger partial charge in [-0.3, -0.25) is 10.4 Å². The van der Waals surface area contributed by atoms with Gasteiger partial charge in [-0.25, -0.2) is 4.98 Å². The smallest absolute Gasteiger partial charge is 0.183 e. The third-order valence-corrected chi connectivity index (χ3v) is 3.12. The van der Waals surface area contributed by atoms with Gasteiger partial charge >= 0.3 is 0 Å². The van der Waals surface area contributed by atoms with Gasteiger partial charge in [-0.05, 0) is 19.3 Å². The lowest BCUT2D eigenvalue weighted by Crippen LogP contribution is -2.29. The Labute approximate surface area is 92.7 Å². The van der Waals surface area contributed by atoms with E-state index in [9.17, 15) is 0 Å². The zero-order valence-electron chi connectivity index (χ0n) is 8.31. The van der Waals surface area contributed by atoms with Gasteiger partial charge in [0.25, 0.3) is 0 Å². The molecule has 1 saturated carbocycles. The summed E-state index contributed by atoms with van der Waals surface area (Å²) in [4.78, 5) is 4.01. The maximum absolute atomic E-state index is 8.90. The molecular formula is C9H13N5S. The van der Waals surface area contributed by atoms with Crippen molar-refractivity contribution in [2.24, 2.45) is 0 Å². The van der Waals surface area contributed by atoms with Crippen LogP contribution < -0.4 is 5.32 Å². The molecule has 6 heteroatoms. The van der Waals surface area contributed by atoms with E-state index in [2.05, 4.69) is 26.6 Å². The maximum Gasteiger partial charge on any atom is 0.183 e. The third-order valence-electron chi connectivity index (χ3n) is 2.21. The molecule has 1 unspecified atom stereocenters. The highest BCUT2D eigenvalue weighted by molar-refractivity contribution is 7.99. The number of aromatic nitrogens is 3. The number of H-pyrrole nitrogens is 1. The molecule has 15 heavy (non-hydrogen) atoms. The van der Waals surface area contributed by atoms with Crippen LogP contribution in [0.25, 0.3) is 0 Å². The van der Waals surface area contributed by atoms with E-state index in [-0.39, 0.29) is 6.04 Å². The summed E-state index contributed by atoms with van der Waals surface area (Å²) < 4.78 is 0. The second kappa shape index (κ2) is 5.14. The molecule has 1 aliphatic carbocycles. The molecule has 1 aromatic rings. The van der Waals surface area contributed by atoms with Crippen LogP contribution in [0.4, 0.5) is 0 Å². The minimum absolute atomic E-state index is 0.0204. The summed E-state index contributed by atoms with van der Waals surface area (Å²) in [5.41, 5.74) is 0. The topological polar surface area (TPSA) is 77.4 Å². The fourth-order valence-electron chi connectivity index (χ4n) is 1.26. The van der Waals surface area contributed by atoms with E-state index in [4.69, 9.17) is 5.26 Å². The minimum Gasteiger partial charge on any atom is -0.299 e. The molecule has 0 spiro atoms. The van der Waals surface area contributed by atoms with Crippen molar-refractivity contribution in [1.29, 1.82) is 5.26 Å². The molecule has 1 atom stereocenters. The van der Waals surface area contributed by atoms with E-state index in [0.717, 1.165) is 17.3 Å². The molecule has 0 bridgehead atoms. The van der Waals surface area contributed by atoms with Crippen LogP contribution in [0.2, 0.25) is 0 Å². The van der Waals surface area contributed by atoms with Gasteiger partial charge in [-0.15, -0.1) is 0 Å². The highest BCUT2D eigenvalue weighted by Gasteiger charge is 2.24. The summed E-state index contributed by atoms with van der Waals surface area (Å²) >= 11 is 1.60. The number of hydrogen-bond donors (Lipinski definition) is 2. The summed E-state index contributed by atoms with van der Waals surface area (Å²) in [7, 11) is 0. The van der Waals surface area contributed by atoms with Crippen LogP contribution in [-0.2, 0) is 0 Å². The van der Waals surface area contributed by atoms with Crippen LogP contribution in [0.3, 0.4) is 0 Å². The number of hydrogen-bond acceptors (Lipinski definition) is 5. The van der Waals surface area contributed by atoms with Crippen molar-refractivity contribution in [3.05, 3.63) is 6.33 Å². The van der Waals surface area contributed by atoms with Crippen LogP contribution in [0.1, 0.15) is 19.3 Å². The maximum atomic E-state index is 8.90.